The van der Waals surface area contributed by atoms with Crippen molar-refractivity contribution in [1.82, 2.24) is 24.3 Å². The highest BCUT2D eigenvalue weighted by Gasteiger charge is 2.22. The summed E-state index contributed by atoms with van der Waals surface area (Å²) in [6, 6.07) is 8.95. The second-order valence-corrected chi connectivity index (χ2v) is 7.89. The van der Waals surface area contributed by atoms with Crippen LogP contribution in [0.4, 0.5) is 16.2 Å². The molecule has 4 aromatic rings. The summed E-state index contributed by atoms with van der Waals surface area (Å²) in [6.07, 6.45) is 6.98. The van der Waals surface area contributed by atoms with E-state index in [9.17, 15) is 4.39 Å². The lowest BCUT2D eigenvalue weighted by Crippen LogP contribution is -2.29. The number of anilines is 2. The molecular weight excluding hydrogens is 381 g/mol. The maximum atomic E-state index is 13.1. The molecule has 1 aliphatic heterocycles. The highest BCUT2D eigenvalue weighted by atomic mass is 19.1. The molecule has 4 heterocycles. The van der Waals surface area contributed by atoms with E-state index in [1.165, 1.54) is 12.1 Å². The molecule has 30 heavy (non-hydrogen) atoms. The standard InChI is InChI=1S/C22H24FN7/c1-15-7-9-29-10-8-19-20(29)21(28(15)2)27-22(26-19)24-11-17-12-25-30(14-17)13-16-3-5-18(23)6-4-16/h3-6,8,10,12,14-15H,7,9,11,13H2,1-2H3,(H,24,26,27)/t15-/m0/s1. The van der Waals surface area contributed by atoms with Gasteiger partial charge in [-0.3, -0.25) is 4.68 Å². The first-order valence-corrected chi connectivity index (χ1v) is 10.2. The molecule has 0 spiro atoms. The number of halogens is 1. The van der Waals surface area contributed by atoms with Crippen molar-refractivity contribution in [3.63, 3.8) is 0 Å². The Labute approximate surface area is 174 Å². The highest BCUT2D eigenvalue weighted by Crippen LogP contribution is 2.30. The van der Waals surface area contributed by atoms with Crippen molar-refractivity contribution in [2.45, 2.75) is 39.0 Å². The zero-order valence-electron chi connectivity index (χ0n) is 17.1. The molecule has 0 fully saturated rings. The van der Waals surface area contributed by atoms with Gasteiger partial charge in [0, 0.05) is 44.1 Å². The van der Waals surface area contributed by atoms with Gasteiger partial charge in [0.05, 0.1) is 18.3 Å². The fourth-order valence-corrected chi connectivity index (χ4v) is 3.87. The van der Waals surface area contributed by atoms with Crippen molar-refractivity contribution in [1.29, 1.82) is 0 Å². The predicted octanol–water partition coefficient (Wildman–Crippen LogP) is 3.66. The molecule has 0 saturated carbocycles. The Balaban J connectivity index is 1.32. The van der Waals surface area contributed by atoms with Crippen molar-refractivity contribution < 1.29 is 4.39 Å². The zero-order valence-corrected chi connectivity index (χ0v) is 17.1. The van der Waals surface area contributed by atoms with Crippen LogP contribution in [0.2, 0.25) is 0 Å². The van der Waals surface area contributed by atoms with Crippen molar-refractivity contribution in [2.75, 3.05) is 17.3 Å². The summed E-state index contributed by atoms with van der Waals surface area (Å²) in [4.78, 5) is 11.8. The molecule has 1 N–H and O–H groups in total. The van der Waals surface area contributed by atoms with Crippen molar-refractivity contribution >= 4 is 22.8 Å². The molecule has 5 rings (SSSR count). The van der Waals surface area contributed by atoms with Crippen molar-refractivity contribution in [2.24, 2.45) is 0 Å². The molecule has 8 heteroatoms. The number of benzene rings is 1. The van der Waals surface area contributed by atoms with Gasteiger partial charge in [-0.15, -0.1) is 0 Å². The third-order valence-corrected chi connectivity index (χ3v) is 5.77. The average molecular weight is 405 g/mol. The Morgan fingerprint density at radius 2 is 1.97 bits per heavy atom. The van der Waals surface area contributed by atoms with E-state index in [0.29, 0.717) is 25.1 Å². The molecule has 0 radical (unpaired) electrons. The summed E-state index contributed by atoms with van der Waals surface area (Å²) in [6.45, 7) is 4.38. The molecule has 0 bridgehead atoms. The van der Waals surface area contributed by atoms with Crippen LogP contribution in [0, 0.1) is 5.82 Å². The van der Waals surface area contributed by atoms with Crippen LogP contribution in [-0.2, 0) is 19.6 Å². The molecule has 7 nitrogen and oxygen atoms in total. The maximum absolute atomic E-state index is 13.1. The van der Waals surface area contributed by atoms with E-state index in [4.69, 9.17) is 9.97 Å². The van der Waals surface area contributed by atoms with Gasteiger partial charge >= 0.3 is 0 Å². The van der Waals surface area contributed by atoms with Crippen LogP contribution in [0.15, 0.2) is 48.9 Å². The summed E-state index contributed by atoms with van der Waals surface area (Å²) >= 11 is 0. The number of aryl methyl sites for hydroxylation is 1. The maximum Gasteiger partial charge on any atom is 0.225 e. The average Bonchev–Trinajstić information content (AvgIpc) is 3.35. The van der Waals surface area contributed by atoms with Crippen LogP contribution in [0.1, 0.15) is 24.5 Å². The van der Waals surface area contributed by atoms with Crippen LogP contribution in [-0.4, -0.2) is 37.4 Å². The quantitative estimate of drug-likeness (QED) is 0.549. The van der Waals surface area contributed by atoms with Gasteiger partial charge < -0.3 is 14.8 Å². The van der Waals surface area contributed by atoms with E-state index in [0.717, 1.165) is 40.9 Å². The lowest BCUT2D eigenvalue weighted by molar-refractivity contribution is 0.574. The number of nitrogens with one attached hydrogen (secondary N) is 1. The Morgan fingerprint density at radius 3 is 2.80 bits per heavy atom. The summed E-state index contributed by atoms with van der Waals surface area (Å²) in [5.74, 6) is 1.35. The van der Waals surface area contributed by atoms with Gasteiger partial charge in [-0.05, 0) is 37.1 Å². The number of aromatic nitrogens is 5. The van der Waals surface area contributed by atoms with E-state index in [-0.39, 0.29) is 5.82 Å². The minimum Gasteiger partial charge on any atom is -0.355 e. The van der Waals surface area contributed by atoms with Crippen molar-refractivity contribution in [3.8, 4) is 0 Å². The minimum absolute atomic E-state index is 0.230. The van der Waals surface area contributed by atoms with Gasteiger partial charge in [-0.25, -0.2) is 9.37 Å². The highest BCUT2D eigenvalue weighted by molar-refractivity contribution is 5.88. The number of rotatable bonds is 5. The second kappa shape index (κ2) is 7.44. The molecule has 3 aromatic heterocycles. The van der Waals surface area contributed by atoms with E-state index < -0.39 is 0 Å². The SMILES string of the molecule is C[C@H]1CCn2ccc3nc(NCc4cnn(Cc5ccc(F)cc5)c4)nc(c32)N1C. The predicted molar refractivity (Wildman–Crippen MR) is 115 cm³/mol. The van der Waals surface area contributed by atoms with Crippen LogP contribution < -0.4 is 10.2 Å². The molecule has 0 aliphatic carbocycles. The molecular formula is C22H24FN7. The smallest absolute Gasteiger partial charge is 0.225 e. The molecule has 0 unspecified atom stereocenters. The first-order valence-electron chi connectivity index (χ1n) is 10.2. The molecule has 1 atom stereocenters. The summed E-state index contributed by atoms with van der Waals surface area (Å²) < 4.78 is 17.2. The Kier molecular flexibility index (Phi) is 4.61. The summed E-state index contributed by atoms with van der Waals surface area (Å²) in [5.41, 5.74) is 4.09. The second-order valence-electron chi connectivity index (χ2n) is 7.89. The Hall–Kier alpha value is -3.42. The van der Waals surface area contributed by atoms with Crippen LogP contribution in [0.25, 0.3) is 11.0 Å². The zero-order chi connectivity index (χ0) is 20.7. The molecule has 0 amide bonds. The Bertz CT molecular complexity index is 1180. The van der Waals surface area contributed by atoms with Gasteiger partial charge in [0.25, 0.3) is 0 Å². The topological polar surface area (TPSA) is 63.8 Å². The first-order chi connectivity index (χ1) is 14.6. The molecule has 1 aromatic carbocycles. The Morgan fingerprint density at radius 1 is 1.13 bits per heavy atom. The van der Waals surface area contributed by atoms with E-state index in [1.54, 1.807) is 12.1 Å². The van der Waals surface area contributed by atoms with Crippen LogP contribution >= 0.6 is 0 Å². The monoisotopic (exact) mass is 405 g/mol. The van der Waals surface area contributed by atoms with Gasteiger partial charge in [0.15, 0.2) is 5.82 Å². The summed E-state index contributed by atoms with van der Waals surface area (Å²) in [7, 11) is 2.10. The fourth-order valence-electron chi connectivity index (χ4n) is 3.87. The lowest BCUT2D eigenvalue weighted by atomic mass is 10.2. The van der Waals surface area contributed by atoms with Crippen molar-refractivity contribution in [3.05, 3.63) is 65.9 Å². The van der Waals surface area contributed by atoms with Crippen LogP contribution in [0.5, 0.6) is 0 Å². The van der Waals surface area contributed by atoms with Gasteiger partial charge in [-0.2, -0.15) is 10.1 Å². The van der Waals surface area contributed by atoms with Crippen LogP contribution in [0.3, 0.4) is 0 Å². The summed E-state index contributed by atoms with van der Waals surface area (Å²) in [5, 5.41) is 7.75. The van der Waals surface area contributed by atoms with Gasteiger partial charge in [-0.1, -0.05) is 12.1 Å². The lowest BCUT2D eigenvalue weighted by Gasteiger charge is -2.24. The van der Waals surface area contributed by atoms with E-state index >= 15 is 0 Å². The normalized spacial score (nSPS) is 16.1. The fraction of sp³-hybridized carbons (Fsp3) is 0.318. The third-order valence-electron chi connectivity index (χ3n) is 5.77. The number of hydrogen-bond acceptors (Lipinski definition) is 5. The third kappa shape index (κ3) is 3.49. The molecule has 154 valence electrons. The molecule has 1 aliphatic rings. The number of nitrogens with zero attached hydrogens (tertiary/aromatic N) is 6. The van der Waals surface area contributed by atoms with E-state index in [2.05, 4.69) is 46.1 Å². The first kappa shape index (κ1) is 18.6. The van der Waals surface area contributed by atoms with Gasteiger partial charge in [0.1, 0.15) is 11.3 Å². The van der Waals surface area contributed by atoms with E-state index in [1.807, 2.05) is 17.1 Å². The minimum atomic E-state index is -0.230. The molecule has 0 saturated heterocycles. The number of hydrogen-bond donors (Lipinski definition) is 1. The largest absolute Gasteiger partial charge is 0.355 e. The van der Waals surface area contributed by atoms with Gasteiger partial charge in [0.2, 0.25) is 5.95 Å².